The van der Waals surface area contributed by atoms with Crippen LogP contribution < -0.4 is 10.1 Å². The van der Waals surface area contributed by atoms with Gasteiger partial charge in [0.1, 0.15) is 12.4 Å². The number of carbonyl (C=O) groups is 1. The van der Waals surface area contributed by atoms with Gasteiger partial charge < -0.3 is 10.1 Å². The van der Waals surface area contributed by atoms with Crippen LogP contribution in [0.25, 0.3) is 11.3 Å². The standard InChI is InChI=1S/C24H27BrN4O2/c1-17-5-7-18(8-6-17)24(30)27-19-9-10-22(31-14-13-29-11-3-4-12-29)20(15-19)23-21(25)16-26-28(23)2/h5-10,15-16H,3-4,11-14H2,1-2H3,(H,27,30). The molecule has 6 nitrogen and oxygen atoms in total. The number of benzene rings is 2. The van der Waals surface area contributed by atoms with Crippen LogP contribution in [0.5, 0.6) is 5.75 Å². The van der Waals surface area contributed by atoms with E-state index in [4.69, 9.17) is 4.74 Å². The van der Waals surface area contributed by atoms with Gasteiger partial charge in [-0.05, 0) is 79.1 Å². The number of amides is 1. The van der Waals surface area contributed by atoms with Gasteiger partial charge >= 0.3 is 0 Å². The van der Waals surface area contributed by atoms with Crippen LogP contribution in [0.2, 0.25) is 0 Å². The summed E-state index contributed by atoms with van der Waals surface area (Å²) in [5, 5.41) is 7.34. The summed E-state index contributed by atoms with van der Waals surface area (Å²) >= 11 is 3.59. The highest BCUT2D eigenvalue weighted by Gasteiger charge is 2.17. The number of halogens is 1. The normalized spacial score (nSPS) is 14.0. The Morgan fingerprint density at radius 3 is 2.58 bits per heavy atom. The fourth-order valence-corrected chi connectivity index (χ4v) is 4.39. The van der Waals surface area contributed by atoms with Crippen LogP contribution in [0.1, 0.15) is 28.8 Å². The van der Waals surface area contributed by atoms with Gasteiger partial charge in [0, 0.05) is 30.4 Å². The molecule has 4 rings (SSSR count). The van der Waals surface area contributed by atoms with Crippen LogP contribution >= 0.6 is 15.9 Å². The number of ether oxygens (including phenoxy) is 1. The molecule has 0 unspecified atom stereocenters. The smallest absolute Gasteiger partial charge is 0.255 e. The van der Waals surface area contributed by atoms with E-state index >= 15 is 0 Å². The Bertz CT molecular complexity index is 1040. The summed E-state index contributed by atoms with van der Waals surface area (Å²) in [6, 6.07) is 13.3. The lowest BCUT2D eigenvalue weighted by Gasteiger charge is -2.18. The van der Waals surface area contributed by atoms with Crippen molar-refractivity contribution in [2.45, 2.75) is 19.8 Å². The van der Waals surface area contributed by atoms with E-state index in [1.54, 1.807) is 10.9 Å². The van der Waals surface area contributed by atoms with E-state index in [1.807, 2.05) is 56.4 Å². The van der Waals surface area contributed by atoms with Crippen molar-refractivity contribution in [3.8, 4) is 17.0 Å². The Labute approximate surface area is 191 Å². The number of nitrogens with one attached hydrogen (secondary N) is 1. The highest BCUT2D eigenvalue weighted by molar-refractivity contribution is 9.10. The number of carbonyl (C=O) groups excluding carboxylic acids is 1. The van der Waals surface area contributed by atoms with Gasteiger partial charge in [-0.1, -0.05) is 17.7 Å². The first-order valence-electron chi connectivity index (χ1n) is 10.6. The number of anilines is 1. The molecule has 2 aromatic carbocycles. The van der Waals surface area contributed by atoms with Crippen molar-refractivity contribution < 1.29 is 9.53 Å². The molecule has 0 bridgehead atoms. The zero-order valence-corrected chi connectivity index (χ0v) is 19.5. The number of nitrogens with zero attached hydrogens (tertiary/aromatic N) is 3. The number of likely N-dealkylation sites (tertiary alicyclic amines) is 1. The highest BCUT2D eigenvalue weighted by Crippen LogP contribution is 2.36. The average molecular weight is 483 g/mol. The SMILES string of the molecule is Cc1ccc(C(=O)Nc2ccc(OCCN3CCCC3)c(-c3c(Br)cnn3C)c2)cc1. The maximum atomic E-state index is 12.7. The predicted molar refractivity (Wildman–Crippen MR) is 127 cm³/mol. The molecule has 7 heteroatoms. The van der Waals surface area contributed by atoms with Gasteiger partial charge in [-0.15, -0.1) is 0 Å². The Kier molecular flexibility index (Phi) is 6.73. The minimum atomic E-state index is -0.141. The van der Waals surface area contributed by atoms with Gasteiger partial charge in [0.05, 0.1) is 16.4 Å². The average Bonchev–Trinajstić information content (AvgIpc) is 3.39. The lowest BCUT2D eigenvalue weighted by atomic mass is 10.1. The van der Waals surface area contributed by atoms with Gasteiger partial charge in [0.25, 0.3) is 5.91 Å². The number of hydrogen-bond acceptors (Lipinski definition) is 4. The molecule has 1 aliphatic heterocycles. The van der Waals surface area contributed by atoms with Crippen molar-refractivity contribution in [3.63, 3.8) is 0 Å². The fourth-order valence-electron chi connectivity index (χ4n) is 3.83. The molecule has 1 aliphatic rings. The largest absolute Gasteiger partial charge is 0.492 e. The van der Waals surface area contributed by atoms with Crippen molar-refractivity contribution in [1.82, 2.24) is 14.7 Å². The minimum absolute atomic E-state index is 0.141. The third kappa shape index (κ3) is 5.17. The van der Waals surface area contributed by atoms with Gasteiger partial charge in [-0.25, -0.2) is 0 Å². The maximum Gasteiger partial charge on any atom is 0.255 e. The molecule has 0 saturated carbocycles. The summed E-state index contributed by atoms with van der Waals surface area (Å²) in [6.45, 7) is 5.83. The molecule has 1 fully saturated rings. The predicted octanol–water partition coefficient (Wildman–Crippen LogP) is 4.88. The van der Waals surface area contributed by atoms with E-state index in [0.29, 0.717) is 17.9 Å². The van der Waals surface area contributed by atoms with Crippen molar-refractivity contribution in [3.05, 3.63) is 64.3 Å². The quantitative estimate of drug-likeness (QED) is 0.520. The van der Waals surface area contributed by atoms with E-state index in [9.17, 15) is 4.79 Å². The zero-order chi connectivity index (χ0) is 21.8. The van der Waals surface area contributed by atoms with E-state index < -0.39 is 0 Å². The topological polar surface area (TPSA) is 59.4 Å². The molecule has 1 saturated heterocycles. The highest BCUT2D eigenvalue weighted by atomic mass is 79.9. The first kappa shape index (κ1) is 21.6. The number of rotatable bonds is 7. The second kappa shape index (κ2) is 9.66. The molecular formula is C24H27BrN4O2. The van der Waals surface area contributed by atoms with E-state index in [0.717, 1.165) is 46.7 Å². The third-order valence-electron chi connectivity index (χ3n) is 5.56. The Morgan fingerprint density at radius 1 is 1.16 bits per heavy atom. The molecular weight excluding hydrogens is 456 g/mol. The van der Waals surface area contributed by atoms with E-state index in [1.165, 1.54) is 12.8 Å². The number of aryl methyl sites for hydroxylation is 2. The Morgan fingerprint density at radius 2 is 1.90 bits per heavy atom. The summed E-state index contributed by atoms with van der Waals surface area (Å²) in [7, 11) is 1.89. The molecule has 0 atom stereocenters. The van der Waals surface area contributed by atoms with Crippen LogP contribution in [-0.4, -0.2) is 46.8 Å². The van der Waals surface area contributed by atoms with Gasteiger partial charge in [-0.3, -0.25) is 14.4 Å². The van der Waals surface area contributed by atoms with Gasteiger partial charge in [0.2, 0.25) is 0 Å². The lowest BCUT2D eigenvalue weighted by molar-refractivity contribution is 0.102. The molecule has 1 amide bonds. The van der Waals surface area contributed by atoms with Crippen LogP contribution in [0, 0.1) is 6.92 Å². The fraction of sp³-hybridized carbons (Fsp3) is 0.333. The molecule has 0 aliphatic carbocycles. The first-order chi connectivity index (χ1) is 15.0. The summed E-state index contributed by atoms with van der Waals surface area (Å²) in [5.74, 6) is 0.634. The van der Waals surface area contributed by atoms with Crippen molar-refractivity contribution in [1.29, 1.82) is 0 Å². The monoisotopic (exact) mass is 482 g/mol. The Hall–Kier alpha value is -2.64. The second-order valence-corrected chi connectivity index (χ2v) is 8.75. The van der Waals surface area contributed by atoms with Crippen molar-refractivity contribution in [2.24, 2.45) is 7.05 Å². The van der Waals surface area contributed by atoms with Gasteiger partial charge in [-0.2, -0.15) is 5.10 Å². The molecule has 1 N–H and O–H groups in total. The van der Waals surface area contributed by atoms with Crippen LogP contribution in [0.15, 0.2) is 53.1 Å². The number of hydrogen-bond donors (Lipinski definition) is 1. The summed E-state index contributed by atoms with van der Waals surface area (Å²) in [6.07, 6.45) is 4.30. The van der Waals surface area contributed by atoms with E-state index in [2.05, 4.69) is 31.2 Å². The molecule has 1 aromatic heterocycles. The summed E-state index contributed by atoms with van der Waals surface area (Å²) in [5.41, 5.74) is 4.24. The Balaban J connectivity index is 1.57. The molecule has 2 heterocycles. The van der Waals surface area contributed by atoms with Gasteiger partial charge in [0.15, 0.2) is 0 Å². The van der Waals surface area contributed by atoms with Crippen LogP contribution in [-0.2, 0) is 7.05 Å². The van der Waals surface area contributed by atoms with Crippen LogP contribution in [0.3, 0.4) is 0 Å². The molecule has 31 heavy (non-hydrogen) atoms. The second-order valence-electron chi connectivity index (χ2n) is 7.89. The number of aromatic nitrogens is 2. The molecule has 0 radical (unpaired) electrons. The van der Waals surface area contributed by atoms with Crippen molar-refractivity contribution >= 4 is 27.5 Å². The summed E-state index contributed by atoms with van der Waals surface area (Å²) < 4.78 is 8.85. The lowest BCUT2D eigenvalue weighted by Crippen LogP contribution is -2.25. The minimum Gasteiger partial charge on any atom is -0.492 e. The summed E-state index contributed by atoms with van der Waals surface area (Å²) in [4.78, 5) is 15.1. The maximum absolute atomic E-state index is 12.7. The van der Waals surface area contributed by atoms with Crippen molar-refractivity contribution in [2.75, 3.05) is 31.6 Å². The molecule has 0 spiro atoms. The zero-order valence-electron chi connectivity index (χ0n) is 17.9. The van der Waals surface area contributed by atoms with Crippen LogP contribution in [0.4, 0.5) is 5.69 Å². The molecule has 3 aromatic rings. The van der Waals surface area contributed by atoms with E-state index in [-0.39, 0.29) is 5.91 Å². The first-order valence-corrected chi connectivity index (χ1v) is 11.4. The molecule has 162 valence electrons. The third-order valence-corrected chi connectivity index (χ3v) is 6.14.